The second-order valence-corrected chi connectivity index (χ2v) is 5.48. The van der Waals surface area contributed by atoms with Crippen LogP contribution in [0.2, 0.25) is 0 Å². The highest BCUT2D eigenvalue weighted by molar-refractivity contribution is 5.97. The molecule has 3 aliphatic heterocycles. The van der Waals surface area contributed by atoms with Crippen LogP contribution in [0.3, 0.4) is 0 Å². The van der Waals surface area contributed by atoms with Crippen LogP contribution in [0.4, 0.5) is 5.69 Å². The quantitative estimate of drug-likeness (QED) is 0.823. The fraction of sp³-hybridized carbons (Fsp3) is 0.692. The van der Waals surface area contributed by atoms with E-state index in [1.54, 1.807) is 10.9 Å². The molecule has 1 amide bonds. The fourth-order valence-corrected chi connectivity index (χ4v) is 3.25. The lowest BCUT2D eigenvalue weighted by Gasteiger charge is -2.44. The summed E-state index contributed by atoms with van der Waals surface area (Å²) >= 11 is 0. The molecule has 1 atom stereocenters. The molecule has 1 aromatic heterocycles. The van der Waals surface area contributed by atoms with Gasteiger partial charge in [-0.05, 0) is 38.8 Å². The third-order valence-corrected chi connectivity index (χ3v) is 4.36. The molecule has 4 heterocycles. The van der Waals surface area contributed by atoms with Crippen LogP contribution in [0.15, 0.2) is 6.20 Å². The first-order chi connectivity index (χ1) is 9.19. The molecular weight excluding hydrogens is 242 g/mol. The Balaban J connectivity index is 1.73. The predicted octanol–water partition coefficient (Wildman–Crippen LogP) is 0.309. The maximum absolute atomic E-state index is 12.4. The number of hydrogen-bond donors (Lipinski definition) is 2. The summed E-state index contributed by atoms with van der Waals surface area (Å²) in [5.41, 5.74) is 6.80. The van der Waals surface area contributed by atoms with E-state index in [0.29, 0.717) is 23.8 Å². The Kier molecular flexibility index (Phi) is 3.18. The molecule has 4 rings (SSSR count). The summed E-state index contributed by atoms with van der Waals surface area (Å²) in [5, 5.41) is 7.26. The molecule has 0 spiro atoms. The van der Waals surface area contributed by atoms with E-state index in [1.807, 2.05) is 6.92 Å². The number of piperidine rings is 3. The first kappa shape index (κ1) is 12.5. The third-order valence-electron chi connectivity index (χ3n) is 4.36. The largest absolute Gasteiger partial charge is 0.396 e. The van der Waals surface area contributed by atoms with Gasteiger partial charge in [0.25, 0.3) is 5.91 Å². The fourth-order valence-electron chi connectivity index (χ4n) is 3.25. The van der Waals surface area contributed by atoms with Gasteiger partial charge in [-0.2, -0.15) is 5.10 Å². The van der Waals surface area contributed by atoms with Gasteiger partial charge >= 0.3 is 0 Å². The molecule has 0 radical (unpaired) electrons. The normalized spacial score (nSPS) is 29.4. The van der Waals surface area contributed by atoms with Gasteiger partial charge in [0, 0.05) is 19.1 Å². The van der Waals surface area contributed by atoms with Crippen molar-refractivity contribution in [1.29, 1.82) is 0 Å². The summed E-state index contributed by atoms with van der Waals surface area (Å²) in [6.07, 6.45) is 3.93. The number of nitrogen functional groups attached to an aromatic ring is 1. The highest BCUT2D eigenvalue weighted by Crippen LogP contribution is 2.27. The zero-order valence-electron chi connectivity index (χ0n) is 11.3. The average molecular weight is 263 g/mol. The third kappa shape index (κ3) is 2.20. The van der Waals surface area contributed by atoms with Crippen LogP contribution in [0.5, 0.6) is 0 Å². The van der Waals surface area contributed by atoms with E-state index in [1.165, 1.54) is 25.9 Å². The van der Waals surface area contributed by atoms with Gasteiger partial charge in [-0.3, -0.25) is 9.48 Å². The molecule has 19 heavy (non-hydrogen) atoms. The summed E-state index contributed by atoms with van der Waals surface area (Å²) in [4.78, 5) is 14.8. The highest BCUT2D eigenvalue weighted by atomic mass is 16.2. The zero-order chi connectivity index (χ0) is 13.4. The van der Waals surface area contributed by atoms with Gasteiger partial charge in [-0.25, -0.2) is 0 Å². The number of carbonyl (C=O) groups is 1. The molecule has 104 valence electrons. The molecule has 6 nitrogen and oxygen atoms in total. The molecule has 3 aliphatic rings. The number of aromatic nitrogens is 2. The molecule has 0 saturated carbocycles. The lowest BCUT2D eigenvalue weighted by Crippen LogP contribution is -2.57. The number of amides is 1. The molecule has 3 N–H and O–H groups in total. The summed E-state index contributed by atoms with van der Waals surface area (Å²) in [6, 6.07) is 0.259. The molecular formula is C13H21N5O. The molecule has 0 aromatic carbocycles. The van der Waals surface area contributed by atoms with Crippen molar-refractivity contribution in [1.82, 2.24) is 20.0 Å². The molecule has 1 aromatic rings. The summed E-state index contributed by atoms with van der Waals surface area (Å²) in [5.74, 6) is 0.531. The van der Waals surface area contributed by atoms with Crippen LogP contribution >= 0.6 is 0 Å². The lowest BCUT2D eigenvalue weighted by atomic mass is 9.84. The van der Waals surface area contributed by atoms with E-state index in [2.05, 4.69) is 15.3 Å². The minimum absolute atomic E-state index is 0.0874. The molecule has 3 fully saturated rings. The van der Waals surface area contributed by atoms with Gasteiger partial charge in [-0.1, -0.05) is 0 Å². The Labute approximate surface area is 112 Å². The number of hydrogen-bond acceptors (Lipinski definition) is 4. The SMILES string of the molecule is CCn1ncc(N)c1C(=O)NC1CN2CCC1CC2. The van der Waals surface area contributed by atoms with Crippen molar-refractivity contribution in [2.24, 2.45) is 5.92 Å². The molecule has 1 unspecified atom stereocenters. The van der Waals surface area contributed by atoms with Crippen LogP contribution in [0.1, 0.15) is 30.3 Å². The Morgan fingerprint density at radius 2 is 2.26 bits per heavy atom. The number of nitrogens with one attached hydrogen (secondary N) is 1. The molecule has 3 saturated heterocycles. The zero-order valence-corrected chi connectivity index (χ0v) is 11.3. The highest BCUT2D eigenvalue weighted by Gasteiger charge is 2.35. The van der Waals surface area contributed by atoms with E-state index in [4.69, 9.17) is 5.73 Å². The van der Waals surface area contributed by atoms with Crippen molar-refractivity contribution < 1.29 is 4.79 Å². The van der Waals surface area contributed by atoms with Crippen molar-refractivity contribution in [3.8, 4) is 0 Å². The average Bonchev–Trinajstić information content (AvgIpc) is 2.81. The van der Waals surface area contributed by atoms with E-state index in [9.17, 15) is 4.79 Å². The van der Waals surface area contributed by atoms with Crippen molar-refractivity contribution in [2.75, 3.05) is 25.4 Å². The lowest BCUT2D eigenvalue weighted by molar-refractivity contribution is 0.0615. The van der Waals surface area contributed by atoms with Crippen LogP contribution in [0, 0.1) is 5.92 Å². The summed E-state index contributed by atoms with van der Waals surface area (Å²) in [6.45, 7) is 5.92. The second kappa shape index (κ2) is 4.85. The smallest absolute Gasteiger partial charge is 0.271 e. The minimum Gasteiger partial charge on any atom is -0.396 e. The van der Waals surface area contributed by atoms with Crippen LogP contribution in [-0.4, -0.2) is 46.3 Å². The van der Waals surface area contributed by atoms with Crippen molar-refractivity contribution in [2.45, 2.75) is 32.4 Å². The van der Waals surface area contributed by atoms with E-state index in [-0.39, 0.29) is 11.9 Å². The van der Waals surface area contributed by atoms with Gasteiger partial charge in [0.15, 0.2) is 0 Å². The number of anilines is 1. The second-order valence-electron chi connectivity index (χ2n) is 5.48. The molecule has 6 heteroatoms. The molecule has 2 bridgehead atoms. The van der Waals surface area contributed by atoms with E-state index < -0.39 is 0 Å². The van der Waals surface area contributed by atoms with Crippen LogP contribution in [-0.2, 0) is 6.54 Å². The van der Waals surface area contributed by atoms with Crippen LogP contribution < -0.4 is 11.1 Å². The van der Waals surface area contributed by atoms with Crippen molar-refractivity contribution in [3.05, 3.63) is 11.9 Å². The number of carbonyl (C=O) groups excluding carboxylic acids is 1. The van der Waals surface area contributed by atoms with Crippen molar-refractivity contribution >= 4 is 11.6 Å². The number of nitrogens with two attached hydrogens (primary N) is 1. The van der Waals surface area contributed by atoms with E-state index >= 15 is 0 Å². The Morgan fingerprint density at radius 1 is 1.53 bits per heavy atom. The predicted molar refractivity (Wildman–Crippen MR) is 72.7 cm³/mol. The van der Waals surface area contributed by atoms with Gasteiger partial charge in [-0.15, -0.1) is 0 Å². The number of rotatable bonds is 3. The molecule has 0 aliphatic carbocycles. The topological polar surface area (TPSA) is 76.2 Å². The Hall–Kier alpha value is -1.56. The monoisotopic (exact) mass is 263 g/mol. The van der Waals surface area contributed by atoms with Crippen LogP contribution in [0.25, 0.3) is 0 Å². The van der Waals surface area contributed by atoms with Gasteiger partial charge in [0.1, 0.15) is 5.69 Å². The Bertz CT molecular complexity index is 475. The number of nitrogens with zero attached hydrogens (tertiary/aromatic N) is 3. The van der Waals surface area contributed by atoms with Gasteiger partial charge in [0.05, 0.1) is 11.9 Å². The van der Waals surface area contributed by atoms with E-state index in [0.717, 1.165) is 6.54 Å². The first-order valence-corrected chi connectivity index (χ1v) is 7.03. The number of fused-ring (bicyclic) bond motifs is 3. The van der Waals surface area contributed by atoms with Gasteiger partial charge in [0.2, 0.25) is 0 Å². The van der Waals surface area contributed by atoms with Gasteiger partial charge < -0.3 is 16.0 Å². The standard InChI is InChI=1S/C13H21N5O/c1-2-18-12(10(14)7-15-18)13(19)16-11-8-17-5-3-9(11)4-6-17/h7,9,11H,2-6,8,14H2,1H3,(H,16,19). The first-order valence-electron chi connectivity index (χ1n) is 7.03. The minimum atomic E-state index is -0.0874. The summed E-state index contributed by atoms with van der Waals surface area (Å²) in [7, 11) is 0. The Morgan fingerprint density at radius 3 is 2.84 bits per heavy atom. The maximum Gasteiger partial charge on any atom is 0.271 e. The maximum atomic E-state index is 12.4. The van der Waals surface area contributed by atoms with Crippen molar-refractivity contribution in [3.63, 3.8) is 0 Å². The number of aryl methyl sites for hydroxylation is 1. The summed E-state index contributed by atoms with van der Waals surface area (Å²) < 4.78 is 1.66.